The average molecular weight is 530 g/mol. The highest BCUT2D eigenvalue weighted by atomic mass is 16.5. The maximum absolute atomic E-state index is 12.3. The van der Waals surface area contributed by atoms with Gasteiger partial charge in [0.2, 0.25) is 11.9 Å². The molecule has 2 aliphatic heterocycles. The smallest absolute Gasteiger partial charge is 0.253 e. The van der Waals surface area contributed by atoms with Crippen LogP contribution in [0, 0.1) is 0 Å². The number of piperazine rings is 1. The number of carbonyl (C=O) groups is 2. The van der Waals surface area contributed by atoms with Crippen molar-refractivity contribution in [3.8, 4) is 11.3 Å². The molecule has 204 valence electrons. The summed E-state index contributed by atoms with van der Waals surface area (Å²) >= 11 is 0. The van der Waals surface area contributed by atoms with Gasteiger partial charge in [-0.05, 0) is 69.4 Å². The number of hydrogen-bond acceptors (Lipinski definition) is 8. The van der Waals surface area contributed by atoms with Gasteiger partial charge in [-0.3, -0.25) is 9.59 Å². The molecular weight excluding hydrogens is 494 g/mol. The molecule has 2 saturated heterocycles. The molecule has 39 heavy (non-hydrogen) atoms. The number of hydrogen-bond donors (Lipinski definition) is 2. The Morgan fingerprint density at radius 2 is 1.69 bits per heavy atom. The second-order valence-corrected chi connectivity index (χ2v) is 10.1. The fourth-order valence-corrected chi connectivity index (χ4v) is 4.78. The first-order valence-corrected chi connectivity index (χ1v) is 13.3. The topological polar surface area (TPSA) is 103 Å². The van der Waals surface area contributed by atoms with Crippen molar-refractivity contribution >= 4 is 34.8 Å². The van der Waals surface area contributed by atoms with Crippen LogP contribution in [-0.4, -0.2) is 91.1 Å². The van der Waals surface area contributed by atoms with Gasteiger partial charge < -0.3 is 30.1 Å². The fraction of sp³-hybridized carbons (Fsp3) is 0.379. The predicted octanol–water partition coefficient (Wildman–Crippen LogP) is 3.21. The summed E-state index contributed by atoms with van der Waals surface area (Å²) in [4.78, 5) is 39.8. The van der Waals surface area contributed by atoms with E-state index in [1.54, 1.807) is 6.20 Å². The van der Waals surface area contributed by atoms with E-state index in [9.17, 15) is 9.59 Å². The molecule has 10 heteroatoms. The maximum atomic E-state index is 12.3. The minimum absolute atomic E-state index is 0.0999. The lowest BCUT2D eigenvalue weighted by atomic mass is 10.1. The Kier molecular flexibility index (Phi) is 8.33. The lowest BCUT2D eigenvalue weighted by Gasteiger charge is -2.36. The molecule has 2 amide bonds. The zero-order valence-corrected chi connectivity index (χ0v) is 22.5. The van der Waals surface area contributed by atoms with Crippen LogP contribution in [0.5, 0.6) is 0 Å². The Hall–Kier alpha value is -4.02. The zero-order chi connectivity index (χ0) is 27.2. The Labute approximate surface area is 229 Å². The molecular formula is C29H35N7O3. The molecule has 2 N–H and O–H groups in total. The molecule has 0 radical (unpaired) electrons. The number of likely N-dealkylation sites (N-methyl/N-ethyl adjacent to an activating group) is 1. The third kappa shape index (κ3) is 6.90. The van der Waals surface area contributed by atoms with Crippen LogP contribution >= 0.6 is 0 Å². The van der Waals surface area contributed by atoms with Gasteiger partial charge in [0.15, 0.2) is 0 Å². The molecule has 10 nitrogen and oxygen atoms in total. The Balaban J connectivity index is 1.16. The number of nitrogens with zero attached hydrogens (tertiary/aromatic N) is 5. The number of aromatic nitrogens is 2. The molecule has 1 atom stereocenters. The highest BCUT2D eigenvalue weighted by Crippen LogP contribution is 2.24. The van der Waals surface area contributed by atoms with Crippen LogP contribution in [0.25, 0.3) is 11.3 Å². The summed E-state index contributed by atoms with van der Waals surface area (Å²) in [7, 11) is 3.83. The first kappa shape index (κ1) is 26.6. The van der Waals surface area contributed by atoms with Crippen molar-refractivity contribution in [2.45, 2.75) is 18.9 Å². The number of anilines is 4. The molecule has 0 aliphatic carbocycles. The summed E-state index contributed by atoms with van der Waals surface area (Å²) in [5.74, 6) is 0.583. The highest BCUT2D eigenvalue weighted by molar-refractivity contribution is 5.94. The standard InChI is InChI=1S/C29H35N7O3/c1-34(2)20-27(37)36-17-15-35(16-18-36)24-11-9-23(10-12-24)32-29-30-14-13-25(33-29)21-5-7-22(8-6-21)31-28(38)26-4-3-19-39-26/h5-14,26H,3-4,15-20H2,1-2H3,(H,31,38)(H,30,32,33). The Morgan fingerprint density at radius 1 is 0.974 bits per heavy atom. The molecule has 0 saturated carbocycles. The van der Waals surface area contributed by atoms with Crippen molar-refractivity contribution in [2.75, 3.05) is 69.0 Å². The lowest BCUT2D eigenvalue weighted by molar-refractivity contribution is -0.132. The van der Waals surface area contributed by atoms with Crippen LogP contribution < -0.4 is 15.5 Å². The third-order valence-corrected chi connectivity index (χ3v) is 6.90. The van der Waals surface area contributed by atoms with Crippen molar-refractivity contribution in [3.05, 3.63) is 60.8 Å². The number of rotatable bonds is 8. The number of carbonyl (C=O) groups excluding carboxylic acids is 2. The van der Waals surface area contributed by atoms with E-state index in [0.717, 1.165) is 67.3 Å². The Morgan fingerprint density at radius 3 is 2.36 bits per heavy atom. The summed E-state index contributed by atoms with van der Waals surface area (Å²) < 4.78 is 5.45. The van der Waals surface area contributed by atoms with Crippen LogP contribution in [0.15, 0.2) is 60.8 Å². The highest BCUT2D eigenvalue weighted by Gasteiger charge is 2.24. The van der Waals surface area contributed by atoms with E-state index in [-0.39, 0.29) is 17.9 Å². The van der Waals surface area contributed by atoms with E-state index < -0.39 is 0 Å². The number of benzene rings is 2. The van der Waals surface area contributed by atoms with Gasteiger partial charge in [-0.1, -0.05) is 12.1 Å². The second kappa shape index (κ2) is 12.2. The van der Waals surface area contributed by atoms with Crippen LogP contribution in [-0.2, 0) is 14.3 Å². The summed E-state index contributed by atoms with van der Waals surface area (Å²) in [5, 5.41) is 6.20. The van der Waals surface area contributed by atoms with Gasteiger partial charge in [0.1, 0.15) is 6.10 Å². The number of ether oxygens (including phenoxy) is 1. The van der Waals surface area contributed by atoms with Crippen LogP contribution in [0.3, 0.4) is 0 Å². The predicted molar refractivity (Wildman–Crippen MR) is 152 cm³/mol. The van der Waals surface area contributed by atoms with E-state index in [1.807, 2.05) is 66.4 Å². The summed E-state index contributed by atoms with van der Waals surface area (Å²) in [6.07, 6.45) is 3.05. The summed E-state index contributed by atoms with van der Waals surface area (Å²) in [5.41, 5.74) is 4.45. The van der Waals surface area contributed by atoms with Gasteiger partial charge in [0.05, 0.1) is 12.2 Å². The summed E-state index contributed by atoms with van der Waals surface area (Å²) in [6, 6.07) is 17.6. The van der Waals surface area contributed by atoms with Gasteiger partial charge >= 0.3 is 0 Å². The first-order valence-electron chi connectivity index (χ1n) is 13.3. The SMILES string of the molecule is CN(C)CC(=O)N1CCN(c2ccc(Nc3nccc(-c4ccc(NC(=O)C5CCCO5)cc4)n3)cc2)CC1. The van der Waals surface area contributed by atoms with Crippen molar-refractivity contribution in [1.82, 2.24) is 19.8 Å². The molecule has 1 aromatic heterocycles. The first-order chi connectivity index (χ1) is 18.9. The van der Waals surface area contributed by atoms with E-state index in [0.29, 0.717) is 19.1 Å². The lowest BCUT2D eigenvalue weighted by Crippen LogP contribution is -2.50. The van der Waals surface area contributed by atoms with Gasteiger partial charge in [0, 0.05) is 61.6 Å². The van der Waals surface area contributed by atoms with Crippen molar-refractivity contribution in [2.24, 2.45) is 0 Å². The minimum Gasteiger partial charge on any atom is -0.368 e. The van der Waals surface area contributed by atoms with Crippen LogP contribution in [0.4, 0.5) is 23.0 Å². The second-order valence-electron chi connectivity index (χ2n) is 10.1. The zero-order valence-electron chi connectivity index (χ0n) is 22.5. The molecule has 0 spiro atoms. The molecule has 2 fully saturated rings. The molecule has 3 heterocycles. The average Bonchev–Trinajstić information content (AvgIpc) is 3.49. The van der Waals surface area contributed by atoms with Gasteiger partial charge in [-0.25, -0.2) is 9.97 Å². The number of amides is 2. The normalized spacial score (nSPS) is 17.4. The van der Waals surface area contributed by atoms with Crippen molar-refractivity contribution < 1.29 is 14.3 Å². The quantitative estimate of drug-likeness (QED) is 0.459. The minimum atomic E-state index is -0.358. The van der Waals surface area contributed by atoms with E-state index >= 15 is 0 Å². The third-order valence-electron chi connectivity index (χ3n) is 6.90. The largest absolute Gasteiger partial charge is 0.368 e. The fourth-order valence-electron chi connectivity index (χ4n) is 4.78. The summed E-state index contributed by atoms with van der Waals surface area (Å²) in [6.45, 7) is 4.18. The van der Waals surface area contributed by atoms with E-state index in [2.05, 4.69) is 37.6 Å². The van der Waals surface area contributed by atoms with E-state index in [4.69, 9.17) is 4.74 Å². The van der Waals surface area contributed by atoms with Gasteiger partial charge in [-0.15, -0.1) is 0 Å². The maximum Gasteiger partial charge on any atom is 0.253 e. The van der Waals surface area contributed by atoms with Crippen molar-refractivity contribution in [1.29, 1.82) is 0 Å². The molecule has 2 aromatic carbocycles. The molecule has 5 rings (SSSR count). The van der Waals surface area contributed by atoms with Crippen LogP contribution in [0.1, 0.15) is 12.8 Å². The monoisotopic (exact) mass is 529 g/mol. The molecule has 1 unspecified atom stereocenters. The van der Waals surface area contributed by atoms with E-state index in [1.165, 1.54) is 0 Å². The molecule has 0 bridgehead atoms. The Bertz CT molecular complexity index is 1270. The number of nitrogens with one attached hydrogen (secondary N) is 2. The molecule has 2 aliphatic rings. The van der Waals surface area contributed by atoms with Gasteiger partial charge in [0.25, 0.3) is 5.91 Å². The van der Waals surface area contributed by atoms with Crippen LogP contribution in [0.2, 0.25) is 0 Å². The van der Waals surface area contributed by atoms with Gasteiger partial charge in [-0.2, -0.15) is 0 Å². The van der Waals surface area contributed by atoms with Crippen molar-refractivity contribution in [3.63, 3.8) is 0 Å². The molecule has 3 aromatic rings.